The third-order valence-electron chi connectivity index (χ3n) is 4.63. The molecule has 4 aromatic rings. The van der Waals surface area contributed by atoms with Gasteiger partial charge < -0.3 is 9.55 Å². The van der Waals surface area contributed by atoms with Gasteiger partial charge in [-0.15, -0.1) is 0 Å². The monoisotopic (exact) mass is 355 g/mol. The molecule has 3 heterocycles. The van der Waals surface area contributed by atoms with Crippen LogP contribution in [0.5, 0.6) is 0 Å². The number of benzene rings is 1. The zero-order chi connectivity index (χ0) is 19.0. The second-order valence-electron chi connectivity index (χ2n) is 6.36. The van der Waals surface area contributed by atoms with Gasteiger partial charge in [0.2, 0.25) is 5.56 Å². The molecule has 0 atom stereocenters. The van der Waals surface area contributed by atoms with Crippen molar-refractivity contribution >= 4 is 16.7 Å². The van der Waals surface area contributed by atoms with Gasteiger partial charge in [0.1, 0.15) is 11.3 Å². The topological polar surface area (TPSA) is 58.3 Å². The van der Waals surface area contributed by atoms with Crippen LogP contribution < -0.4 is 10.6 Å². The molecule has 0 unspecified atom stereocenters. The Balaban J connectivity index is 1.84. The summed E-state index contributed by atoms with van der Waals surface area (Å²) in [6, 6.07) is 13.3. The van der Waals surface area contributed by atoms with Gasteiger partial charge in [-0.25, -0.2) is 4.98 Å². The van der Waals surface area contributed by atoms with Crippen molar-refractivity contribution in [3.05, 3.63) is 82.9 Å². The largest absolute Gasteiger partial charge is 0.346 e. The standard InChI is InChI=1S/C21H17N5O/c1-22-26(3)17-6-4-5-14(9-17)16-10-18-19(12-24-21(18)23-11-16)15-7-8-20(27)25(2)13-15/h4-13H,2-3H3,(H,23,24). The van der Waals surface area contributed by atoms with Gasteiger partial charge in [-0.3, -0.25) is 4.79 Å². The molecule has 27 heavy (non-hydrogen) atoms. The van der Waals surface area contributed by atoms with Gasteiger partial charge in [0.15, 0.2) is 0 Å². The van der Waals surface area contributed by atoms with Crippen molar-refractivity contribution in [2.75, 3.05) is 12.1 Å². The molecule has 6 nitrogen and oxygen atoms in total. The fraction of sp³-hybridized carbons (Fsp3) is 0.0952. The van der Waals surface area contributed by atoms with Crippen LogP contribution in [0.4, 0.5) is 5.69 Å². The molecule has 0 bridgehead atoms. The fourth-order valence-electron chi connectivity index (χ4n) is 3.10. The summed E-state index contributed by atoms with van der Waals surface area (Å²) in [5.41, 5.74) is 5.47. The third-order valence-corrected chi connectivity index (χ3v) is 4.63. The van der Waals surface area contributed by atoms with E-state index in [2.05, 4.69) is 21.0 Å². The molecule has 1 aromatic carbocycles. The van der Waals surface area contributed by atoms with Crippen LogP contribution in [0.15, 0.2) is 65.8 Å². The molecular formula is C21H17N5O. The summed E-state index contributed by atoms with van der Waals surface area (Å²) in [6.45, 7) is 7.17. The molecule has 0 fully saturated rings. The van der Waals surface area contributed by atoms with Gasteiger partial charge in [-0.2, -0.15) is 11.5 Å². The van der Waals surface area contributed by atoms with Gasteiger partial charge in [0.25, 0.3) is 0 Å². The van der Waals surface area contributed by atoms with Crippen molar-refractivity contribution in [3.63, 3.8) is 0 Å². The average Bonchev–Trinajstić information content (AvgIpc) is 3.12. The number of aryl methyl sites for hydroxylation is 1. The molecule has 0 saturated carbocycles. The molecule has 0 aliphatic rings. The number of aromatic nitrogens is 3. The van der Waals surface area contributed by atoms with Gasteiger partial charge >= 0.3 is 0 Å². The molecule has 0 aliphatic carbocycles. The number of pyridine rings is 2. The van der Waals surface area contributed by atoms with Crippen LogP contribution in [-0.2, 0) is 7.05 Å². The van der Waals surface area contributed by atoms with E-state index in [0.717, 1.165) is 39.0 Å². The fourth-order valence-corrected chi connectivity index (χ4v) is 3.10. The Hall–Kier alpha value is -3.85. The number of aromatic amines is 1. The normalized spacial score (nSPS) is 10.7. The van der Waals surface area contributed by atoms with Crippen LogP contribution >= 0.6 is 0 Å². The van der Waals surface area contributed by atoms with Crippen LogP contribution in [0.2, 0.25) is 0 Å². The number of hydrogen-bond donors (Lipinski definition) is 1. The second kappa shape index (κ2) is 6.46. The van der Waals surface area contributed by atoms with Crippen LogP contribution in [0.1, 0.15) is 0 Å². The molecule has 6 heteroatoms. The lowest BCUT2D eigenvalue weighted by atomic mass is 10.0. The Morgan fingerprint density at radius 1 is 1.15 bits per heavy atom. The number of nitrogens with one attached hydrogen (secondary N) is 1. The van der Waals surface area contributed by atoms with E-state index in [1.807, 2.05) is 48.9 Å². The summed E-state index contributed by atoms with van der Waals surface area (Å²) >= 11 is 0. The van der Waals surface area contributed by atoms with Crippen molar-refractivity contribution in [1.29, 1.82) is 0 Å². The van der Waals surface area contributed by atoms with Crippen molar-refractivity contribution < 1.29 is 0 Å². The van der Waals surface area contributed by atoms with Crippen molar-refractivity contribution in [2.45, 2.75) is 0 Å². The first-order valence-corrected chi connectivity index (χ1v) is 8.42. The van der Waals surface area contributed by atoms with Crippen molar-refractivity contribution in [2.24, 2.45) is 7.05 Å². The van der Waals surface area contributed by atoms with Gasteiger partial charge in [0, 0.05) is 53.8 Å². The summed E-state index contributed by atoms with van der Waals surface area (Å²) in [5.74, 6) is 0. The molecule has 0 amide bonds. The molecule has 3 aromatic heterocycles. The summed E-state index contributed by atoms with van der Waals surface area (Å²) < 4.78 is 1.56. The number of nitrogens with zero attached hydrogens (tertiary/aromatic N) is 4. The van der Waals surface area contributed by atoms with Crippen LogP contribution in [0.25, 0.3) is 38.2 Å². The minimum atomic E-state index is -0.0434. The summed E-state index contributed by atoms with van der Waals surface area (Å²) in [7, 11) is 3.47. The third kappa shape index (κ3) is 2.96. The highest BCUT2D eigenvalue weighted by Crippen LogP contribution is 2.31. The molecule has 0 radical (unpaired) electrons. The smallest absolute Gasteiger partial charge is 0.250 e. The minimum absolute atomic E-state index is 0.0434. The lowest BCUT2D eigenvalue weighted by molar-refractivity contribution is 0.862. The zero-order valence-corrected chi connectivity index (χ0v) is 15.0. The zero-order valence-electron chi connectivity index (χ0n) is 15.0. The summed E-state index contributed by atoms with van der Waals surface area (Å²) in [5, 5.41) is 2.48. The summed E-state index contributed by atoms with van der Waals surface area (Å²) in [4.78, 5) is 22.8. The van der Waals surface area contributed by atoms with Gasteiger partial charge in [-0.1, -0.05) is 17.1 Å². The van der Waals surface area contributed by atoms with Crippen molar-refractivity contribution in [3.8, 4) is 22.3 Å². The van der Waals surface area contributed by atoms with E-state index in [1.54, 1.807) is 24.7 Å². The molecular weight excluding hydrogens is 338 g/mol. The van der Waals surface area contributed by atoms with E-state index >= 15 is 0 Å². The minimum Gasteiger partial charge on any atom is -0.346 e. The van der Waals surface area contributed by atoms with E-state index in [0.29, 0.717) is 0 Å². The van der Waals surface area contributed by atoms with E-state index in [9.17, 15) is 4.79 Å². The molecule has 132 valence electrons. The van der Waals surface area contributed by atoms with E-state index in [-0.39, 0.29) is 5.56 Å². The number of anilines is 1. The highest BCUT2D eigenvalue weighted by molar-refractivity contribution is 5.95. The van der Waals surface area contributed by atoms with E-state index < -0.39 is 0 Å². The van der Waals surface area contributed by atoms with Crippen molar-refractivity contribution in [1.82, 2.24) is 14.5 Å². The van der Waals surface area contributed by atoms with Crippen LogP contribution in [0.3, 0.4) is 0 Å². The Kier molecular flexibility index (Phi) is 3.98. The Labute approximate surface area is 156 Å². The highest BCUT2D eigenvalue weighted by Gasteiger charge is 2.11. The SMILES string of the molecule is [C-]#[N+]N(C)c1cccc(-c2cnc3[nH]cc(-c4ccc(=O)n(C)c4)c3c2)c1. The lowest BCUT2D eigenvalue weighted by Gasteiger charge is -2.08. The number of H-pyrrole nitrogens is 1. The lowest BCUT2D eigenvalue weighted by Crippen LogP contribution is -2.13. The molecule has 4 rings (SSSR count). The van der Waals surface area contributed by atoms with Crippen LogP contribution in [0, 0.1) is 6.57 Å². The number of rotatable bonds is 3. The first kappa shape index (κ1) is 16.6. The van der Waals surface area contributed by atoms with Gasteiger partial charge in [0.05, 0.1) is 7.05 Å². The maximum Gasteiger partial charge on any atom is 0.250 e. The Morgan fingerprint density at radius 3 is 2.78 bits per heavy atom. The maximum atomic E-state index is 11.7. The Bertz CT molecular complexity index is 1250. The highest BCUT2D eigenvalue weighted by atomic mass is 16.1. The first-order chi connectivity index (χ1) is 13.1. The number of hydrogen-bond acceptors (Lipinski definition) is 3. The predicted octanol–water partition coefficient (Wildman–Crippen LogP) is 3.87. The van der Waals surface area contributed by atoms with Gasteiger partial charge in [-0.05, 0) is 29.8 Å². The average molecular weight is 355 g/mol. The summed E-state index contributed by atoms with van der Waals surface area (Å²) in [6.07, 6.45) is 5.55. The molecule has 0 saturated heterocycles. The van der Waals surface area contributed by atoms with E-state index in [4.69, 9.17) is 6.57 Å². The first-order valence-electron chi connectivity index (χ1n) is 8.42. The van der Waals surface area contributed by atoms with Crippen LogP contribution in [-0.4, -0.2) is 21.6 Å². The molecule has 0 spiro atoms. The molecule has 1 N–H and O–H groups in total. The Morgan fingerprint density at radius 2 is 2.00 bits per heavy atom. The maximum absolute atomic E-state index is 11.7. The quantitative estimate of drug-likeness (QED) is 0.448. The molecule has 0 aliphatic heterocycles. The predicted molar refractivity (Wildman–Crippen MR) is 107 cm³/mol. The number of fused-ring (bicyclic) bond motifs is 1. The van der Waals surface area contributed by atoms with E-state index in [1.165, 1.54) is 5.01 Å². The second-order valence-corrected chi connectivity index (χ2v) is 6.36.